The van der Waals surface area contributed by atoms with Crippen LogP contribution in [0.25, 0.3) is 0 Å². The Balaban J connectivity index is 2.08. The number of hydrogen-bond acceptors (Lipinski definition) is 4. The zero-order chi connectivity index (χ0) is 15.5. The molecule has 2 rings (SSSR count). The third-order valence-electron chi connectivity index (χ3n) is 3.18. The van der Waals surface area contributed by atoms with E-state index in [-0.39, 0.29) is 17.5 Å². The summed E-state index contributed by atoms with van der Waals surface area (Å²) >= 11 is 1.61. The summed E-state index contributed by atoms with van der Waals surface area (Å²) in [6.45, 7) is 4.08. The van der Waals surface area contributed by atoms with Crippen molar-refractivity contribution >= 4 is 21.4 Å². The van der Waals surface area contributed by atoms with Gasteiger partial charge in [-0.2, -0.15) is 0 Å². The van der Waals surface area contributed by atoms with Gasteiger partial charge in [0, 0.05) is 29.4 Å². The van der Waals surface area contributed by atoms with E-state index in [1.165, 1.54) is 6.07 Å². The normalized spacial score (nSPS) is 12.2. The molecule has 0 saturated carbocycles. The van der Waals surface area contributed by atoms with E-state index in [1.54, 1.807) is 22.1 Å². The molecular weight excluding hydrogens is 308 g/mol. The van der Waals surface area contributed by atoms with Crippen molar-refractivity contribution in [3.8, 4) is 0 Å². The lowest BCUT2D eigenvalue weighted by Crippen LogP contribution is -2.25. The molecule has 7 heteroatoms. The average molecular weight is 328 g/mol. The van der Waals surface area contributed by atoms with E-state index in [0.717, 1.165) is 4.88 Å². The average Bonchev–Trinajstić information content (AvgIpc) is 3.07. The van der Waals surface area contributed by atoms with Crippen molar-refractivity contribution in [2.24, 2.45) is 0 Å². The van der Waals surface area contributed by atoms with Gasteiger partial charge in [-0.3, -0.25) is 0 Å². The molecule has 0 aliphatic rings. The van der Waals surface area contributed by atoms with Crippen LogP contribution in [-0.4, -0.2) is 24.6 Å². The minimum atomic E-state index is -3.54. The van der Waals surface area contributed by atoms with Crippen molar-refractivity contribution in [3.63, 3.8) is 0 Å². The van der Waals surface area contributed by atoms with E-state index < -0.39 is 10.0 Å². The van der Waals surface area contributed by atoms with Crippen LogP contribution in [0.3, 0.4) is 0 Å². The lowest BCUT2D eigenvalue weighted by Gasteiger charge is -2.10. The van der Waals surface area contributed by atoms with Crippen LogP contribution >= 0.6 is 11.3 Å². The first-order valence-corrected chi connectivity index (χ1v) is 9.14. The number of hydrogen-bond donors (Lipinski definition) is 2. The summed E-state index contributed by atoms with van der Waals surface area (Å²) < 4.78 is 28.9. The summed E-state index contributed by atoms with van der Waals surface area (Å²) in [5, 5.41) is 11.3. The molecule has 0 atom stereocenters. The molecule has 0 unspecified atom stereocenters. The number of aliphatic hydroxyl groups is 1. The molecular formula is C14H20N2O3S2. The van der Waals surface area contributed by atoms with Crippen LogP contribution in [-0.2, 0) is 23.1 Å². The molecule has 0 radical (unpaired) electrons. The number of aromatic nitrogens is 1. The highest BCUT2D eigenvalue weighted by atomic mass is 32.2. The Morgan fingerprint density at radius 2 is 2.19 bits per heavy atom. The van der Waals surface area contributed by atoms with Crippen LogP contribution in [0, 0.1) is 0 Å². The molecule has 0 saturated heterocycles. The van der Waals surface area contributed by atoms with Crippen molar-refractivity contribution in [2.45, 2.75) is 37.8 Å². The highest BCUT2D eigenvalue weighted by molar-refractivity contribution is 7.89. The van der Waals surface area contributed by atoms with Gasteiger partial charge in [0.2, 0.25) is 10.0 Å². The molecule has 5 nitrogen and oxygen atoms in total. The molecule has 0 spiro atoms. The Morgan fingerprint density at radius 1 is 1.43 bits per heavy atom. The van der Waals surface area contributed by atoms with Crippen molar-refractivity contribution in [1.82, 2.24) is 9.29 Å². The zero-order valence-corrected chi connectivity index (χ0v) is 13.7. The van der Waals surface area contributed by atoms with Crippen LogP contribution < -0.4 is 4.72 Å². The van der Waals surface area contributed by atoms with Crippen molar-refractivity contribution in [1.29, 1.82) is 0 Å². The van der Waals surface area contributed by atoms with Gasteiger partial charge in [0.1, 0.15) is 0 Å². The standard InChI is InChI=1S/C14H20N2O3S2/c1-11(2)16-9-14(8-12(16)10-17)21(18,19)15-6-5-13-4-3-7-20-13/h3-4,7-9,11,15,17H,5-6,10H2,1-2H3. The largest absolute Gasteiger partial charge is 0.390 e. The lowest BCUT2D eigenvalue weighted by molar-refractivity contribution is 0.268. The lowest BCUT2D eigenvalue weighted by atomic mass is 10.3. The first-order valence-electron chi connectivity index (χ1n) is 6.77. The van der Waals surface area contributed by atoms with E-state index >= 15 is 0 Å². The summed E-state index contributed by atoms with van der Waals surface area (Å²) in [6, 6.07) is 5.55. The summed E-state index contributed by atoms with van der Waals surface area (Å²) in [5.74, 6) is 0. The molecule has 2 aromatic heterocycles. The van der Waals surface area contributed by atoms with Gasteiger partial charge in [0.25, 0.3) is 0 Å². The SMILES string of the molecule is CC(C)n1cc(S(=O)(=O)NCCc2cccs2)cc1CO. The van der Waals surface area contributed by atoms with Crippen molar-refractivity contribution < 1.29 is 13.5 Å². The highest BCUT2D eigenvalue weighted by Crippen LogP contribution is 2.19. The Labute approximate surface area is 129 Å². The van der Waals surface area contributed by atoms with Crippen molar-refractivity contribution in [2.75, 3.05) is 6.54 Å². The third kappa shape index (κ3) is 3.94. The predicted octanol–water partition coefficient (Wildman–Crippen LogP) is 2.14. The van der Waals surface area contributed by atoms with Crippen LogP contribution in [0.1, 0.15) is 30.5 Å². The molecule has 116 valence electrons. The molecule has 0 aliphatic heterocycles. The maximum absolute atomic E-state index is 12.3. The van der Waals surface area contributed by atoms with Gasteiger partial charge in [0.15, 0.2) is 0 Å². The summed E-state index contributed by atoms with van der Waals surface area (Å²) in [6.07, 6.45) is 2.25. The number of rotatable bonds is 7. The number of sulfonamides is 1. The van der Waals surface area contributed by atoms with Crippen LogP contribution in [0.15, 0.2) is 34.7 Å². The maximum atomic E-state index is 12.3. The Morgan fingerprint density at radius 3 is 2.71 bits per heavy atom. The topological polar surface area (TPSA) is 71.3 Å². The van der Waals surface area contributed by atoms with Gasteiger partial charge in [0.05, 0.1) is 11.5 Å². The van der Waals surface area contributed by atoms with Gasteiger partial charge in [-0.05, 0) is 37.8 Å². The second kappa shape index (κ2) is 6.74. The van der Waals surface area contributed by atoms with Crippen LogP contribution in [0.5, 0.6) is 0 Å². The number of thiophene rings is 1. The molecule has 2 N–H and O–H groups in total. The number of nitrogens with zero attached hydrogens (tertiary/aromatic N) is 1. The fraction of sp³-hybridized carbons (Fsp3) is 0.429. The van der Waals surface area contributed by atoms with E-state index in [0.29, 0.717) is 18.7 Å². The number of nitrogens with one attached hydrogen (secondary N) is 1. The van der Waals surface area contributed by atoms with E-state index in [1.807, 2.05) is 31.4 Å². The second-order valence-electron chi connectivity index (χ2n) is 5.05. The molecule has 2 aromatic rings. The van der Waals surface area contributed by atoms with Gasteiger partial charge in [-0.1, -0.05) is 6.07 Å². The Hall–Kier alpha value is -1.15. The second-order valence-corrected chi connectivity index (χ2v) is 7.85. The molecule has 0 aliphatic carbocycles. The highest BCUT2D eigenvalue weighted by Gasteiger charge is 2.18. The molecule has 0 fully saturated rings. The molecule has 21 heavy (non-hydrogen) atoms. The fourth-order valence-electron chi connectivity index (χ4n) is 2.10. The quantitative estimate of drug-likeness (QED) is 0.818. The van der Waals surface area contributed by atoms with Crippen LogP contribution in [0.4, 0.5) is 0 Å². The maximum Gasteiger partial charge on any atom is 0.242 e. The summed E-state index contributed by atoms with van der Waals surface area (Å²) in [7, 11) is -3.54. The first-order chi connectivity index (χ1) is 9.94. The third-order valence-corrected chi connectivity index (χ3v) is 5.54. The minimum absolute atomic E-state index is 0.0993. The molecule has 2 heterocycles. The minimum Gasteiger partial charge on any atom is -0.390 e. The monoisotopic (exact) mass is 328 g/mol. The first kappa shape index (κ1) is 16.2. The van der Waals surface area contributed by atoms with Crippen LogP contribution in [0.2, 0.25) is 0 Å². The van der Waals surface area contributed by atoms with Gasteiger partial charge in [-0.25, -0.2) is 13.1 Å². The Bertz CT molecular complexity index is 673. The Kier molecular flexibility index (Phi) is 5.21. The zero-order valence-electron chi connectivity index (χ0n) is 12.1. The van der Waals surface area contributed by atoms with Gasteiger partial charge < -0.3 is 9.67 Å². The number of aliphatic hydroxyl groups excluding tert-OH is 1. The van der Waals surface area contributed by atoms with Crippen molar-refractivity contribution in [3.05, 3.63) is 40.3 Å². The smallest absolute Gasteiger partial charge is 0.242 e. The summed E-state index contributed by atoms with van der Waals surface area (Å²) in [4.78, 5) is 1.35. The fourth-order valence-corrected chi connectivity index (χ4v) is 3.89. The molecule has 0 bridgehead atoms. The van der Waals surface area contributed by atoms with Gasteiger partial charge in [-0.15, -0.1) is 11.3 Å². The predicted molar refractivity (Wildman–Crippen MR) is 84.0 cm³/mol. The molecule has 0 aromatic carbocycles. The molecule has 0 amide bonds. The van der Waals surface area contributed by atoms with E-state index in [9.17, 15) is 13.5 Å². The van der Waals surface area contributed by atoms with E-state index in [2.05, 4.69) is 4.72 Å². The summed E-state index contributed by atoms with van der Waals surface area (Å²) in [5.41, 5.74) is 0.601. The van der Waals surface area contributed by atoms with E-state index in [4.69, 9.17) is 0 Å². The van der Waals surface area contributed by atoms with Gasteiger partial charge >= 0.3 is 0 Å².